The fourth-order valence-electron chi connectivity index (χ4n) is 3.69. The number of nitrogens with one attached hydrogen (secondary N) is 1. The minimum atomic E-state index is -3.56. The smallest absolute Gasteiger partial charge is 0.240 e. The molecule has 1 N–H and O–H groups in total. The van der Waals surface area contributed by atoms with Gasteiger partial charge in [-0.3, -0.25) is 0 Å². The monoisotopic (exact) mass is 382 g/mol. The Kier molecular flexibility index (Phi) is 4.57. The molecule has 0 aliphatic carbocycles. The molecule has 0 amide bonds. The number of sulfonamides is 1. The second kappa shape index (κ2) is 6.59. The Morgan fingerprint density at radius 1 is 1.28 bits per heavy atom. The second-order valence-electron chi connectivity index (χ2n) is 6.82. The van der Waals surface area contributed by atoms with Crippen LogP contribution < -0.4 is 4.72 Å². The molecule has 1 unspecified atom stereocenters. The van der Waals surface area contributed by atoms with Crippen LogP contribution >= 0.6 is 11.3 Å². The van der Waals surface area contributed by atoms with Crippen molar-refractivity contribution in [3.8, 4) is 0 Å². The molecule has 6 nitrogen and oxygen atoms in total. The summed E-state index contributed by atoms with van der Waals surface area (Å²) in [5.74, 6) is 0. The number of fused-ring (bicyclic) bond motifs is 1. The zero-order valence-electron chi connectivity index (χ0n) is 14.2. The number of hydrogen-bond donors (Lipinski definition) is 1. The Hall–Kier alpha value is -1.06. The molecule has 1 spiro atoms. The van der Waals surface area contributed by atoms with E-state index in [1.165, 1.54) is 11.3 Å². The molecule has 2 aromatic rings. The van der Waals surface area contributed by atoms with Crippen molar-refractivity contribution < 1.29 is 17.9 Å². The lowest BCUT2D eigenvalue weighted by Gasteiger charge is -2.43. The van der Waals surface area contributed by atoms with Crippen LogP contribution in [0.5, 0.6) is 0 Å². The van der Waals surface area contributed by atoms with Gasteiger partial charge in [0.05, 0.1) is 25.7 Å². The van der Waals surface area contributed by atoms with Gasteiger partial charge in [0.15, 0.2) is 0 Å². The molecule has 0 radical (unpaired) electrons. The van der Waals surface area contributed by atoms with Crippen LogP contribution in [0.15, 0.2) is 23.1 Å². The van der Waals surface area contributed by atoms with Crippen molar-refractivity contribution in [2.45, 2.75) is 49.1 Å². The number of benzene rings is 1. The first-order valence-electron chi connectivity index (χ1n) is 8.57. The molecule has 0 bridgehead atoms. The third-order valence-corrected chi connectivity index (χ3v) is 7.45. The summed E-state index contributed by atoms with van der Waals surface area (Å²) in [6, 6.07) is 5.02. The van der Waals surface area contributed by atoms with Gasteiger partial charge in [0.1, 0.15) is 0 Å². The van der Waals surface area contributed by atoms with E-state index in [9.17, 15) is 8.42 Å². The first-order valence-corrected chi connectivity index (χ1v) is 10.9. The molecule has 1 aromatic carbocycles. The molecule has 3 heterocycles. The minimum Gasteiger partial charge on any atom is -0.381 e. The van der Waals surface area contributed by atoms with E-state index in [1.54, 1.807) is 18.2 Å². The minimum absolute atomic E-state index is 0.101. The predicted molar refractivity (Wildman–Crippen MR) is 96.4 cm³/mol. The van der Waals surface area contributed by atoms with Crippen LogP contribution in [0, 0.1) is 6.92 Å². The normalized spacial score (nSPS) is 24.0. The van der Waals surface area contributed by atoms with E-state index in [-0.39, 0.29) is 11.6 Å². The molecule has 2 fully saturated rings. The van der Waals surface area contributed by atoms with Gasteiger partial charge in [-0.05, 0) is 50.8 Å². The van der Waals surface area contributed by atoms with Crippen LogP contribution in [0.2, 0.25) is 0 Å². The van der Waals surface area contributed by atoms with Crippen LogP contribution in [-0.4, -0.2) is 44.9 Å². The Morgan fingerprint density at radius 3 is 2.88 bits per heavy atom. The van der Waals surface area contributed by atoms with E-state index < -0.39 is 10.0 Å². The molecule has 1 atom stereocenters. The fraction of sp³-hybridized carbons (Fsp3) is 0.588. The number of rotatable bonds is 3. The average molecular weight is 383 g/mol. The maximum absolute atomic E-state index is 12.8. The summed E-state index contributed by atoms with van der Waals surface area (Å²) in [7, 11) is -3.56. The highest BCUT2D eigenvalue weighted by Gasteiger charge is 2.40. The Morgan fingerprint density at radius 2 is 2.08 bits per heavy atom. The van der Waals surface area contributed by atoms with Gasteiger partial charge in [0.25, 0.3) is 0 Å². The van der Waals surface area contributed by atoms with Crippen molar-refractivity contribution in [1.29, 1.82) is 0 Å². The second-order valence-corrected chi connectivity index (χ2v) is 9.77. The molecule has 2 aliphatic heterocycles. The van der Waals surface area contributed by atoms with Crippen molar-refractivity contribution in [3.63, 3.8) is 0 Å². The molecular formula is C17H22N2O4S2. The third-order valence-electron chi connectivity index (χ3n) is 5.00. The lowest BCUT2D eigenvalue weighted by atomic mass is 9.84. The Balaban J connectivity index is 1.53. The highest BCUT2D eigenvalue weighted by atomic mass is 32.2. The molecule has 2 saturated heterocycles. The standard InChI is InChI=1S/C17H22N2O4S2/c1-12-18-15-3-2-14(10-16(15)24-12)25(20,21)19-13-4-7-23-17(11-13)5-8-22-9-6-17/h2-3,10,13,19H,4-9,11H2,1H3. The maximum atomic E-state index is 12.8. The molecule has 2 aliphatic rings. The molecule has 4 rings (SSSR count). The van der Waals surface area contributed by atoms with Crippen LogP contribution in [0.1, 0.15) is 30.7 Å². The quantitative estimate of drug-likeness (QED) is 0.883. The van der Waals surface area contributed by atoms with Crippen LogP contribution in [-0.2, 0) is 19.5 Å². The largest absolute Gasteiger partial charge is 0.381 e. The molecule has 0 saturated carbocycles. The maximum Gasteiger partial charge on any atom is 0.240 e. The first kappa shape index (κ1) is 17.4. The zero-order valence-corrected chi connectivity index (χ0v) is 15.8. The van der Waals surface area contributed by atoms with E-state index in [2.05, 4.69) is 9.71 Å². The first-order chi connectivity index (χ1) is 12.0. The van der Waals surface area contributed by atoms with E-state index in [0.29, 0.717) is 37.6 Å². The van der Waals surface area contributed by atoms with Crippen molar-refractivity contribution in [3.05, 3.63) is 23.2 Å². The summed E-state index contributed by atoms with van der Waals surface area (Å²) in [6.45, 7) is 3.87. The average Bonchev–Trinajstić information content (AvgIpc) is 2.94. The molecule has 8 heteroatoms. The summed E-state index contributed by atoms with van der Waals surface area (Å²) in [6.07, 6.45) is 3.07. The van der Waals surface area contributed by atoms with Crippen molar-refractivity contribution >= 4 is 31.6 Å². The number of ether oxygens (including phenoxy) is 2. The highest BCUT2D eigenvalue weighted by molar-refractivity contribution is 7.89. The van der Waals surface area contributed by atoms with Crippen LogP contribution in [0.25, 0.3) is 10.2 Å². The Bertz CT molecular complexity index is 866. The number of thiazole rings is 1. The summed E-state index contributed by atoms with van der Waals surface area (Å²) >= 11 is 1.51. The van der Waals surface area contributed by atoms with E-state index >= 15 is 0 Å². The molecule has 136 valence electrons. The zero-order chi connectivity index (χ0) is 17.5. The van der Waals surface area contributed by atoms with Crippen LogP contribution in [0.4, 0.5) is 0 Å². The number of hydrogen-bond acceptors (Lipinski definition) is 6. The van der Waals surface area contributed by atoms with Gasteiger partial charge < -0.3 is 9.47 Å². The SMILES string of the molecule is Cc1nc2ccc(S(=O)(=O)NC3CCOC4(CCOCC4)C3)cc2s1. The number of nitrogens with zero attached hydrogens (tertiary/aromatic N) is 1. The number of aromatic nitrogens is 1. The summed E-state index contributed by atoms with van der Waals surface area (Å²) in [4.78, 5) is 4.69. The van der Waals surface area contributed by atoms with Gasteiger partial charge in [-0.1, -0.05) is 0 Å². The lowest BCUT2D eigenvalue weighted by Crippen LogP contribution is -2.50. The van der Waals surface area contributed by atoms with E-state index in [0.717, 1.165) is 28.1 Å². The molecular weight excluding hydrogens is 360 g/mol. The highest BCUT2D eigenvalue weighted by Crippen LogP contribution is 2.35. The summed E-state index contributed by atoms with van der Waals surface area (Å²) in [5, 5.41) is 0.934. The van der Waals surface area contributed by atoms with Gasteiger partial charge in [-0.2, -0.15) is 0 Å². The van der Waals surface area contributed by atoms with Gasteiger partial charge >= 0.3 is 0 Å². The fourth-order valence-corrected chi connectivity index (χ4v) is 5.93. The van der Waals surface area contributed by atoms with Gasteiger partial charge in [-0.25, -0.2) is 18.1 Å². The van der Waals surface area contributed by atoms with E-state index in [1.807, 2.05) is 6.92 Å². The van der Waals surface area contributed by atoms with Crippen LogP contribution in [0.3, 0.4) is 0 Å². The van der Waals surface area contributed by atoms with Gasteiger partial charge in [-0.15, -0.1) is 11.3 Å². The predicted octanol–water partition coefficient (Wildman–Crippen LogP) is 2.61. The van der Waals surface area contributed by atoms with E-state index in [4.69, 9.17) is 9.47 Å². The number of aryl methyl sites for hydroxylation is 1. The van der Waals surface area contributed by atoms with Crippen molar-refractivity contribution in [2.75, 3.05) is 19.8 Å². The lowest BCUT2D eigenvalue weighted by molar-refractivity contribution is -0.138. The Labute approximate surface area is 151 Å². The van der Waals surface area contributed by atoms with Crippen molar-refractivity contribution in [2.24, 2.45) is 0 Å². The summed E-state index contributed by atoms with van der Waals surface area (Å²) < 4.78 is 40.9. The topological polar surface area (TPSA) is 77.5 Å². The van der Waals surface area contributed by atoms with Gasteiger partial charge in [0.2, 0.25) is 10.0 Å². The molecule has 25 heavy (non-hydrogen) atoms. The van der Waals surface area contributed by atoms with Crippen molar-refractivity contribution in [1.82, 2.24) is 9.71 Å². The molecule has 1 aromatic heterocycles. The third kappa shape index (κ3) is 3.59. The summed E-state index contributed by atoms with van der Waals surface area (Å²) in [5.41, 5.74) is 0.608. The van der Waals surface area contributed by atoms with Gasteiger partial charge in [0, 0.05) is 25.9 Å².